The van der Waals surface area contributed by atoms with E-state index in [2.05, 4.69) is 25.9 Å². The average Bonchev–Trinajstić information content (AvgIpc) is 2.31. The molecule has 0 atom stereocenters. The number of aromatic nitrogens is 2. The highest BCUT2D eigenvalue weighted by molar-refractivity contribution is 9.10. The minimum atomic E-state index is -0.190. The van der Waals surface area contributed by atoms with Crippen molar-refractivity contribution in [2.24, 2.45) is 0 Å². The molecule has 0 aliphatic carbocycles. The van der Waals surface area contributed by atoms with E-state index < -0.39 is 0 Å². The largest absolute Gasteiger partial charge is 0.392 e. The van der Waals surface area contributed by atoms with Crippen LogP contribution in [-0.2, 0) is 6.61 Å². The monoisotopic (exact) mass is 312 g/mol. The molecule has 0 radical (unpaired) electrons. The minimum Gasteiger partial charge on any atom is -0.392 e. The number of nitrogens with one attached hydrogen (secondary N) is 1. The van der Waals surface area contributed by atoms with Crippen molar-refractivity contribution in [2.75, 3.05) is 0 Å². The number of benzene rings is 1. The van der Waals surface area contributed by atoms with Crippen LogP contribution in [0.15, 0.2) is 49.8 Å². The zero-order valence-corrected chi connectivity index (χ0v) is 11.1. The summed E-state index contributed by atoms with van der Waals surface area (Å²) in [5.41, 5.74) is 0.598. The van der Waals surface area contributed by atoms with Gasteiger partial charge in [-0.3, -0.25) is 4.79 Å². The quantitative estimate of drug-likeness (QED) is 0.853. The predicted octanol–water partition coefficient (Wildman–Crippen LogP) is 2.18. The standard InChI is InChI=1S/C11H9BrN2O2S/c12-8-1-2-9(7(5-8)6-15)17-11-13-4-3-10(16)14-11/h1-5,15H,6H2,(H,13,14,16). The molecule has 17 heavy (non-hydrogen) atoms. The van der Waals surface area contributed by atoms with Crippen molar-refractivity contribution in [3.8, 4) is 0 Å². The maximum Gasteiger partial charge on any atom is 0.251 e. The van der Waals surface area contributed by atoms with Crippen molar-refractivity contribution < 1.29 is 5.11 Å². The molecule has 0 saturated carbocycles. The zero-order valence-electron chi connectivity index (χ0n) is 8.68. The second-order valence-electron chi connectivity index (χ2n) is 3.25. The highest BCUT2D eigenvalue weighted by atomic mass is 79.9. The number of aliphatic hydroxyl groups is 1. The Morgan fingerprint density at radius 3 is 2.94 bits per heavy atom. The topological polar surface area (TPSA) is 66.0 Å². The molecular weight excluding hydrogens is 304 g/mol. The smallest absolute Gasteiger partial charge is 0.251 e. The van der Waals surface area contributed by atoms with E-state index in [0.29, 0.717) is 5.16 Å². The van der Waals surface area contributed by atoms with Crippen molar-refractivity contribution in [2.45, 2.75) is 16.7 Å². The lowest BCUT2D eigenvalue weighted by molar-refractivity contribution is 0.279. The first-order valence-electron chi connectivity index (χ1n) is 4.81. The van der Waals surface area contributed by atoms with E-state index in [1.807, 2.05) is 18.2 Å². The third-order valence-electron chi connectivity index (χ3n) is 2.05. The molecule has 0 aliphatic rings. The van der Waals surface area contributed by atoms with Gasteiger partial charge in [-0.25, -0.2) is 4.98 Å². The Morgan fingerprint density at radius 1 is 1.41 bits per heavy atom. The highest BCUT2D eigenvalue weighted by Crippen LogP contribution is 2.29. The summed E-state index contributed by atoms with van der Waals surface area (Å²) < 4.78 is 0.903. The summed E-state index contributed by atoms with van der Waals surface area (Å²) >= 11 is 4.65. The predicted molar refractivity (Wildman–Crippen MR) is 69.0 cm³/mol. The van der Waals surface area contributed by atoms with Crippen LogP contribution in [0, 0.1) is 0 Å². The summed E-state index contributed by atoms with van der Waals surface area (Å²) in [5.74, 6) is 0. The maximum absolute atomic E-state index is 11.1. The summed E-state index contributed by atoms with van der Waals surface area (Å²) in [5, 5.41) is 9.76. The molecule has 0 unspecified atom stereocenters. The first-order chi connectivity index (χ1) is 8.19. The number of nitrogens with zero attached hydrogens (tertiary/aromatic N) is 1. The van der Waals surface area contributed by atoms with E-state index in [4.69, 9.17) is 0 Å². The van der Waals surface area contributed by atoms with Crippen LogP contribution < -0.4 is 5.56 Å². The van der Waals surface area contributed by atoms with Gasteiger partial charge in [0.2, 0.25) is 0 Å². The number of rotatable bonds is 3. The van der Waals surface area contributed by atoms with Crippen LogP contribution in [0.3, 0.4) is 0 Å². The lowest BCUT2D eigenvalue weighted by Crippen LogP contribution is -2.05. The van der Waals surface area contributed by atoms with E-state index in [-0.39, 0.29) is 12.2 Å². The minimum absolute atomic E-state index is 0.0567. The van der Waals surface area contributed by atoms with Gasteiger partial charge in [0.1, 0.15) is 0 Å². The average molecular weight is 313 g/mol. The lowest BCUT2D eigenvalue weighted by atomic mass is 10.2. The van der Waals surface area contributed by atoms with Crippen molar-refractivity contribution in [1.82, 2.24) is 9.97 Å². The van der Waals surface area contributed by atoms with Crippen LogP contribution in [0.2, 0.25) is 0 Å². The van der Waals surface area contributed by atoms with Crippen molar-refractivity contribution in [1.29, 1.82) is 0 Å². The van der Waals surface area contributed by atoms with E-state index in [1.54, 1.807) is 0 Å². The van der Waals surface area contributed by atoms with Gasteiger partial charge in [0.15, 0.2) is 5.16 Å². The van der Waals surface area contributed by atoms with Gasteiger partial charge >= 0.3 is 0 Å². The molecule has 2 N–H and O–H groups in total. The van der Waals surface area contributed by atoms with Gasteiger partial charge < -0.3 is 10.1 Å². The molecule has 88 valence electrons. The molecule has 0 amide bonds. The van der Waals surface area contributed by atoms with Gasteiger partial charge in [-0.2, -0.15) is 0 Å². The Morgan fingerprint density at radius 2 is 2.24 bits per heavy atom. The van der Waals surface area contributed by atoms with Gasteiger partial charge in [-0.05, 0) is 23.8 Å². The molecule has 4 nitrogen and oxygen atoms in total. The number of halogens is 1. The second-order valence-corrected chi connectivity index (χ2v) is 5.20. The Balaban J connectivity index is 2.33. The molecule has 0 bridgehead atoms. The van der Waals surface area contributed by atoms with E-state index >= 15 is 0 Å². The fraction of sp³-hybridized carbons (Fsp3) is 0.0909. The summed E-state index contributed by atoms with van der Waals surface area (Å²) in [4.78, 5) is 18.7. The number of H-pyrrole nitrogens is 1. The summed E-state index contributed by atoms with van der Waals surface area (Å²) in [7, 11) is 0. The SMILES string of the molecule is O=c1ccnc(Sc2ccc(Br)cc2CO)[nH]1. The van der Waals surface area contributed by atoms with Crippen LogP contribution in [0.1, 0.15) is 5.56 Å². The number of aromatic amines is 1. The van der Waals surface area contributed by atoms with Crippen molar-refractivity contribution in [3.05, 3.63) is 50.9 Å². The van der Waals surface area contributed by atoms with Crippen LogP contribution in [-0.4, -0.2) is 15.1 Å². The van der Waals surface area contributed by atoms with Gasteiger partial charge in [-0.15, -0.1) is 0 Å². The fourth-order valence-electron chi connectivity index (χ4n) is 1.28. The molecule has 2 rings (SSSR count). The third kappa shape index (κ3) is 3.18. The summed E-state index contributed by atoms with van der Waals surface area (Å²) in [6.07, 6.45) is 1.46. The summed E-state index contributed by atoms with van der Waals surface area (Å²) in [6, 6.07) is 6.94. The maximum atomic E-state index is 11.1. The molecule has 1 heterocycles. The van der Waals surface area contributed by atoms with Gasteiger partial charge in [0.25, 0.3) is 5.56 Å². The van der Waals surface area contributed by atoms with Crippen LogP contribution >= 0.6 is 27.7 Å². The van der Waals surface area contributed by atoms with Crippen LogP contribution in [0.25, 0.3) is 0 Å². The Kier molecular flexibility index (Phi) is 3.98. The van der Waals surface area contributed by atoms with E-state index in [0.717, 1.165) is 14.9 Å². The van der Waals surface area contributed by atoms with Crippen molar-refractivity contribution >= 4 is 27.7 Å². The van der Waals surface area contributed by atoms with Crippen molar-refractivity contribution in [3.63, 3.8) is 0 Å². The molecular formula is C11H9BrN2O2S. The zero-order chi connectivity index (χ0) is 12.3. The second kappa shape index (κ2) is 5.48. The number of hydrogen-bond donors (Lipinski definition) is 2. The molecule has 6 heteroatoms. The van der Waals surface area contributed by atoms with Gasteiger partial charge in [0.05, 0.1) is 6.61 Å². The number of aliphatic hydroxyl groups excluding tert-OH is 1. The highest BCUT2D eigenvalue weighted by Gasteiger charge is 2.06. The van der Waals surface area contributed by atoms with Crippen LogP contribution in [0.4, 0.5) is 0 Å². The normalized spacial score (nSPS) is 10.5. The first-order valence-corrected chi connectivity index (χ1v) is 6.42. The molecule has 0 fully saturated rings. The van der Waals surface area contributed by atoms with Gasteiger partial charge in [0, 0.05) is 21.6 Å². The van der Waals surface area contributed by atoms with E-state index in [1.165, 1.54) is 24.0 Å². The Labute approximate surface area is 110 Å². The Bertz CT molecular complexity index is 586. The fourth-order valence-corrected chi connectivity index (χ4v) is 2.55. The molecule has 0 spiro atoms. The summed E-state index contributed by atoms with van der Waals surface area (Å²) in [6.45, 7) is -0.0567. The molecule has 1 aromatic heterocycles. The lowest BCUT2D eigenvalue weighted by Gasteiger charge is -2.06. The van der Waals surface area contributed by atoms with E-state index in [9.17, 15) is 9.90 Å². The first kappa shape index (κ1) is 12.3. The molecule has 0 saturated heterocycles. The molecule has 0 aliphatic heterocycles. The molecule has 2 aromatic rings. The third-order valence-corrected chi connectivity index (χ3v) is 3.56. The Hall–Kier alpha value is -1.11. The number of hydrogen-bond acceptors (Lipinski definition) is 4. The van der Waals surface area contributed by atoms with Gasteiger partial charge in [-0.1, -0.05) is 27.7 Å². The van der Waals surface area contributed by atoms with Crippen LogP contribution in [0.5, 0.6) is 0 Å². The molecule has 1 aromatic carbocycles.